The third-order valence-electron chi connectivity index (χ3n) is 3.44. The molecule has 0 fully saturated rings. The number of carbonyl (C=O) groups is 1. The Morgan fingerprint density at radius 1 is 0.960 bits per heavy atom. The van der Waals surface area contributed by atoms with Crippen LogP contribution in [-0.2, 0) is 21.2 Å². The molecular formula is C17H18F2N2O3S. The zero-order valence-electron chi connectivity index (χ0n) is 13.3. The largest absolute Gasteiger partial charge is 0.356 e. The van der Waals surface area contributed by atoms with Crippen molar-refractivity contribution in [2.45, 2.75) is 17.7 Å². The van der Waals surface area contributed by atoms with Gasteiger partial charge in [-0.15, -0.1) is 0 Å². The van der Waals surface area contributed by atoms with E-state index in [9.17, 15) is 22.0 Å². The number of hydrogen-bond acceptors (Lipinski definition) is 3. The maximum atomic E-state index is 13.4. The maximum Gasteiger partial charge on any atom is 0.240 e. The minimum absolute atomic E-state index is 0.0578. The Morgan fingerprint density at radius 3 is 2.32 bits per heavy atom. The minimum atomic E-state index is -3.79. The fourth-order valence-electron chi connectivity index (χ4n) is 2.12. The molecule has 2 N–H and O–H groups in total. The SMILES string of the molecule is O=C(CCNS(=O)(=O)c1ccc(F)cc1)NCCc1ccccc1F. The van der Waals surface area contributed by atoms with Crippen LogP contribution in [0.2, 0.25) is 0 Å². The Balaban J connectivity index is 1.73. The quantitative estimate of drug-likeness (QED) is 0.748. The topological polar surface area (TPSA) is 75.3 Å². The summed E-state index contributed by atoms with van der Waals surface area (Å²) in [5.41, 5.74) is 0.500. The molecule has 5 nitrogen and oxygen atoms in total. The number of nitrogens with one attached hydrogen (secondary N) is 2. The van der Waals surface area contributed by atoms with Crippen LogP contribution in [0.5, 0.6) is 0 Å². The maximum absolute atomic E-state index is 13.4. The van der Waals surface area contributed by atoms with Gasteiger partial charge in [-0.3, -0.25) is 4.79 Å². The van der Waals surface area contributed by atoms with E-state index in [0.29, 0.717) is 12.0 Å². The smallest absolute Gasteiger partial charge is 0.240 e. The van der Waals surface area contributed by atoms with Crippen LogP contribution in [0.25, 0.3) is 0 Å². The van der Waals surface area contributed by atoms with Crippen molar-refractivity contribution in [2.24, 2.45) is 0 Å². The summed E-state index contributed by atoms with van der Waals surface area (Å²) in [5, 5.41) is 2.60. The molecule has 0 aliphatic carbocycles. The van der Waals surface area contributed by atoms with E-state index in [4.69, 9.17) is 0 Å². The summed E-state index contributed by atoms with van der Waals surface area (Å²) in [7, 11) is -3.79. The van der Waals surface area contributed by atoms with E-state index in [-0.39, 0.29) is 36.1 Å². The van der Waals surface area contributed by atoms with E-state index in [1.54, 1.807) is 18.2 Å². The highest BCUT2D eigenvalue weighted by Gasteiger charge is 2.14. The molecule has 134 valence electrons. The molecule has 1 amide bonds. The molecule has 0 heterocycles. The monoisotopic (exact) mass is 368 g/mol. The predicted molar refractivity (Wildman–Crippen MR) is 89.3 cm³/mol. The van der Waals surface area contributed by atoms with Crippen LogP contribution in [0.4, 0.5) is 8.78 Å². The normalized spacial score (nSPS) is 11.3. The first-order valence-corrected chi connectivity index (χ1v) is 9.12. The lowest BCUT2D eigenvalue weighted by Crippen LogP contribution is -2.31. The van der Waals surface area contributed by atoms with Gasteiger partial charge in [0.05, 0.1) is 4.90 Å². The summed E-state index contributed by atoms with van der Waals surface area (Å²) in [6.45, 7) is 0.162. The van der Waals surface area contributed by atoms with Crippen LogP contribution < -0.4 is 10.0 Å². The Kier molecular flexibility index (Phi) is 6.60. The molecule has 25 heavy (non-hydrogen) atoms. The van der Waals surface area contributed by atoms with Crippen molar-refractivity contribution in [3.8, 4) is 0 Å². The van der Waals surface area contributed by atoms with Crippen LogP contribution in [0, 0.1) is 11.6 Å². The fourth-order valence-corrected chi connectivity index (χ4v) is 3.15. The Morgan fingerprint density at radius 2 is 1.64 bits per heavy atom. The van der Waals surface area contributed by atoms with Gasteiger partial charge in [0.15, 0.2) is 0 Å². The summed E-state index contributed by atoms with van der Waals surface area (Å²) in [5.74, 6) is -1.21. The van der Waals surface area contributed by atoms with Crippen LogP contribution in [-0.4, -0.2) is 27.4 Å². The van der Waals surface area contributed by atoms with E-state index in [1.807, 2.05) is 0 Å². The number of rotatable bonds is 8. The first-order chi connectivity index (χ1) is 11.9. The van der Waals surface area contributed by atoms with Crippen molar-refractivity contribution >= 4 is 15.9 Å². The third-order valence-corrected chi connectivity index (χ3v) is 4.92. The molecule has 0 spiro atoms. The van der Waals surface area contributed by atoms with Crippen molar-refractivity contribution in [3.05, 3.63) is 65.7 Å². The summed E-state index contributed by atoms with van der Waals surface area (Å²) >= 11 is 0. The summed E-state index contributed by atoms with van der Waals surface area (Å²) in [6.07, 6.45) is 0.289. The highest BCUT2D eigenvalue weighted by molar-refractivity contribution is 7.89. The first kappa shape index (κ1) is 19.0. The second-order valence-corrected chi connectivity index (χ2v) is 7.06. The van der Waals surface area contributed by atoms with Crippen LogP contribution in [0.1, 0.15) is 12.0 Å². The summed E-state index contributed by atoms with van der Waals surface area (Å²) in [4.78, 5) is 11.6. The number of halogens is 2. The van der Waals surface area contributed by atoms with Crippen LogP contribution >= 0.6 is 0 Å². The first-order valence-electron chi connectivity index (χ1n) is 7.64. The molecule has 8 heteroatoms. The van der Waals surface area contributed by atoms with Crippen LogP contribution in [0.15, 0.2) is 53.4 Å². The van der Waals surface area contributed by atoms with E-state index in [2.05, 4.69) is 10.0 Å². The molecule has 0 aliphatic rings. The zero-order valence-corrected chi connectivity index (χ0v) is 14.2. The fraction of sp³-hybridized carbons (Fsp3) is 0.235. The van der Waals surface area contributed by atoms with Gasteiger partial charge in [0, 0.05) is 19.5 Å². The molecule has 0 unspecified atom stereocenters. The number of sulfonamides is 1. The van der Waals surface area contributed by atoms with E-state index in [1.165, 1.54) is 6.07 Å². The molecule has 2 aromatic carbocycles. The number of amides is 1. The zero-order chi connectivity index (χ0) is 18.3. The molecule has 2 rings (SSSR count). The molecule has 0 saturated heterocycles. The second-order valence-electron chi connectivity index (χ2n) is 5.29. The molecule has 0 aromatic heterocycles. The third kappa shape index (κ3) is 5.91. The van der Waals surface area contributed by atoms with Crippen LogP contribution in [0.3, 0.4) is 0 Å². The number of carbonyl (C=O) groups excluding carboxylic acids is 1. The second kappa shape index (κ2) is 8.68. The predicted octanol–water partition coefficient (Wildman–Crippen LogP) is 1.99. The molecule has 0 atom stereocenters. The average molecular weight is 368 g/mol. The Bertz CT molecular complexity index is 824. The van der Waals surface area contributed by atoms with Crippen molar-refractivity contribution in [1.29, 1.82) is 0 Å². The van der Waals surface area contributed by atoms with E-state index < -0.39 is 15.8 Å². The lowest BCUT2D eigenvalue weighted by molar-refractivity contribution is -0.120. The number of benzene rings is 2. The Hall–Kier alpha value is -2.32. The van der Waals surface area contributed by atoms with Crippen molar-refractivity contribution in [3.63, 3.8) is 0 Å². The minimum Gasteiger partial charge on any atom is -0.356 e. The number of hydrogen-bond donors (Lipinski definition) is 2. The van der Waals surface area contributed by atoms with E-state index >= 15 is 0 Å². The Labute approximate surface area is 145 Å². The highest BCUT2D eigenvalue weighted by atomic mass is 32.2. The van der Waals surface area contributed by atoms with Crippen molar-refractivity contribution in [2.75, 3.05) is 13.1 Å². The van der Waals surface area contributed by atoms with Gasteiger partial charge in [-0.25, -0.2) is 21.9 Å². The van der Waals surface area contributed by atoms with Gasteiger partial charge >= 0.3 is 0 Å². The molecule has 0 saturated carbocycles. The van der Waals surface area contributed by atoms with Crippen molar-refractivity contribution < 1.29 is 22.0 Å². The molecule has 0 bridgehead atoms. The van der Waals surface area contributed by atoms with E-state index in [0.717, 1.165) is 24.3 Å². The summed E-state index contributed by atoms with van der Waals surface area (Å²) < 4.78 is 52.4. The lowest BCUT2D eigenvalue weighted by atomic mass is 10.1. The van der Waals surface area contributed by atoms with Gasteiger partial charge in [-0.1, -0.05) is 18.2 Å². The lowest BCUT2D eigenvalue weighted by Gasteiger charge is -2.08. The molecular weight excluding hydrogens is 350 g/mol. The molecule has 2 aromatic rings. The summed E-state index contributed by atoms with van der Waals surface area (Å²) in [6, 6.07) is 10.7. The van der Waals surface area contributed by atoms with Gasteiger partial charge in [-0.05, 0) is 42.3 Å². The molecule has 0 aliphatic heterocycles. The van der Waals surface area contributed by atoms with Gasteiger partial charge < -0.3 is 5.32 Å². The van der Waals surface area contributed by atoms with Crippen molar-refractivity contribution in [1.82, 2.24) is 10.0 Å². The van der Waals surface area contributed by atoms with Gasteiger partial charge in [0.2, 0.25) is 15.9 Å². The standard InChI is InChI=1S/C17H18F2N2O3S/c18-14-5-7-15(8-6-14)25(23,24)21-12-10-17(22)20-11-9-13-3-1-2-4-16(13)19/h1-8,21H,9-12H2,(H,20,22). The average Bonchev–Trinajstić information content (AvgIpc) is 2.57. The highest BCUT2D eigenvalue weighted by Crippen LogP contribution is 2.09. The van der Waals surface area contributed by atoms with Gasteiger partial charge in [-0.2, -0.15) is 0 Å². The van der Waals surface area contributed by atoms with Gasteiger partial charge in [0.1, 0.15) is 11.6 Å². The molecule has 0 radical (unpaired) electrons. The van der Waals surface area contributed by atoms with Gasteiger partial charge in [0.25, 0.3) is 0 Å².